The molecule has 39 heavy (non-hydrogen) atoms. The Morgan fingerprint density at radius 2 is 1.33 bits per heavy atom. The van der Waals surface area contributed by atoms with Gasteiger partial charge in [-0.2, -0.15) is 0 Å². The van der Waals surface area contributed by atoms with Gasteiger partial charge in [-0.1, -0.05) is 13.0 Å². The van der Waals surface area contributed by atoms with Crippen LogP contribution in [0.5, 0.6) is 11.5 Å². The van der Waals surface area contributed by atoms with Crippen molar-refractivity contribution in [2.75, 3.05) is 49.2 Å². The van der Waals surface area contributed by atoms with Gasteiger partial charge in [0.25, 0.3) is 0 Å². The lowest BCUT2D eigenvalue weighted by molar-refractivity contribution is 0.0233. The summed E-state index contributed by atoms with van der Waals surface area (Å²) in [5.74, 6) is 0.886. The van der Waals surface area contributed by atoms with Crippen LogP contribution in [-0.4, -0.2) is 50.3 Å². The number of anilines is 2. The lowest BCUT2D eigenvalue weighted by atomic mass is 9.79. The molecule has 2 heterocycles. The maximum Gasteiger partial charge on any atom is 0.358 e. The monoisotopic (exact) mass is 531 g/mol. The summed E-state index contributed by atoms with van der Waals surface area (Å²) in [5, 5.41) is 0. The molecule has 1 aromatic heterocycles. The van der Waals surface area contributed by atoms with E-state index in [1.165, 1.54) is 0 Å². The molecule has 0 saturated carbocycles. The molecule has 0 spiro atoms. The predicted octanol–water partition coefficient (Wildman–Crippen LogP) is 6.42. The second kappa shape index (κ2) is 12.4. The van der Waals surface area contributed by atoms with Crippen LogP contribution in [0.1, 0.15) is 75.1 Å². The van der Waals surface area contributed by atoms with Crippen molar-refractivity contribution in [1.29, 1.82) is 0 Å². The first kappa shape index (κ1) is 28.3. The third kappa shape index (κ3) is 5.14. The average molecular weight is 532 g/mol. The Hall–Kier alpha value is -3.74. The first-order valence-electron chi connectivity index (χ1n) is 14.2. The summed E-state index contributed by atoms with van der Waals surface area (Å²) in [6.07, 6.45) is 2.48. The van der Waals surface area contributed by atoms with Crippen LogP contribution in [0.25, 0.3) is 0 Å². The summed E-state index contributed by atoms with van der Waals surface area (Å²) in [6, 6.07) is 16.1. The summed E-state index contributed by atoms with van der Waals surface area (Å²) in [4.78, 5) is 22.3. The number of aromatic nitrogens is 1. The normalized spacial score (nSPS) is 16.0. The van der Waals surface area contributed by atoms with E-state index in [0.717, 1.165) is 55.1 Å². The third-order valence-electron chi connectivity index (χ3n) is 7.33. The number of ether oxygens (including phenoxy) is 3. The van der Waals surface area contributed by atoms with Gasteiger partial charge < -0.3 is 24.0 Å². The molecule has 7 heteroatoms. The second-order valence-corrected chi connectivity index (χ2v) is 9.46. The topological polar surface area (TPSA) is 64.1 Å². The Kier molecular flexibility index (Phi) is 9.00. The highest BCUT2D eigenvalue weighted by atomic mass is 16.6. The molecule has 4 rings (SSSR count). The van der Waals surface area contributed by atoms with E-state index < -0.39 is 11.6 Å². The van der Waals surface area contributed by atoms with Crippen molar-refractivity contribution >= 4 is 17.3 Å². The summed E-state index contributed by atoms with van der Waals surface area (Å²) in [5.41, 5.74) is 3.32. The Labute approximate surface area is 232 Å². The number of rotatable bonds is 13. The average Bonchev–Trinajstić information content (AvgIpc) is 3.26. The minimum Gasteiger partial charge on any atom is -0.493 e. The van der Waals surface area contributed by atoms with Crippen LogP contribution in [0.3, 0.4) is 0 Å². The molecule has 3 aromatic rings. The molecule has 2 aromatic carbocycles. The number of fused-ring (bicyclic) bond motifs is 1. The Balaban J connectivity index is 2.04. The third-order valence-corrected chi connectivity index (χ3v) is 7.33. The van der Waals surface area contributed by atoms with Crippen molar-refractivity contribution in [1.82, 2.24) is 4.98 Å². The van der Waals surface area contributed by atoms with Crippen LogP contribution in [0.4, 0.5) is 11.4 Å². The minimum absolute atomic E-state index is 0.307. The number of esters is 1. The van der Waals surface area contributed by atoms with Gasteiger partial charge in [-0.05, 0) is 71.4 Å². The van der Waals surface area contributed by atoms with E-state index in [0.29, 0.717) is 36.0 Å². The smallest absolute Gasteiger partial charge is 0.358 e. The van der Waals surface area contributed by atoms with Crippen molar-refractivity contribution in [2.45, 2.75) is 53.6 Å². The molecule has 0 amide bonds. The fraction of sp³-hybridized carbons (Fsp3) is 0.438. The number of hydrogen-bond donors (Lipinski definition) is 0. The lowest BCUT2D eigenvalue weighted by Gasteiger charge is -2.34. The molecule has 0 N–H and O–H groups in total. The molecule has 0 radical (unpaired) electrons. The van der Waals surface area contributed by atoms with Gasteiger partial charge in [-0.25, -0.2) is 9.78 Å². The second-order valence-electron chi connectivity index (χ2n) is 9.46. The van der Waals surface area contributed by atoms with Crippen molar-refractivity contribution in [2.24, 2.45) is 0 Å². The van der Waals surface area contributed by atoms with Crippen molar-refractivity contribution in [3.63, 3.8) is 0 Å². The highest BCUT2D eigenvalue weighted by Gasteiger charge is 2.52. The molecule has 1 atom stereocenters. The van der Waals surface area contributed by atoms with E-state index in [4.69, 9.17) is 14.2 Å². The van der Waals surface area contributed by atoms with Crippen LogP contribution < -0.4 is 19.3 Å². The highest BCUT2D eigenvalue weighted by Crippen LogP contribution is 2.52. The zero-order chi connectivity index (χ0) is 28.0. The van der Waals surface area contributed by atoms with Crippen LogP contribution >= 0.6 is 0 Å². The largest absolute Gasteiger partial charge is 0.493 e. The Morgan fingerprint density at radius 3 is 1.85 bits per heavy atom. The first-order chi connectivity index (χ1) is 19.0. The van der Waals surface area contributed by atoms with E-state index >= 15 is 0 Å². The predicted molar refractivity (Wildman–Crippen MR) is 156 cm³/mol. The molecule has 7 nitrogen and oxygen atoms in total. The molecule has 0 aliphatic carbocycles. The number of carbonyl (C=O) groups excluding carboxylic acids is 1. The van der Waals surface area contributed by atoms with E-state index in [2.05, 4.69) is 67.6 Å². The van der Waals surface area contributed by atoms with Crippen LogP contribution in [-0.2, 0) is 10.3 Å². The molecule has 0 saturated heterocycles. The number of nitrogens with zero attached hydrogens (tertiary/aromatic N) is 3. The number of pyridine rings is 1. The van der Waals surface area contributed by atoms with Gasteiger partial charge in [0.2, 0.25) is 0 Å². The summed E-state index contributed by atoms with van der Waals surface area (Å²) < 4.78 is 19.1. The van der Waals surface area contributed by atoms with E-state index in [1.54, 1.807) is 6.20 Å². The number of carbonyl (C=O) groups is 1. The van der Waals surface area contributed by atoms with Crippen LogP contribution in [0, 0.1) is 0 Å². The first-order valence-corrected chi connectivity index (χ1v) is 14.2. The maximum absolute atomic E-state index is 13.4. The molecule has 1 aliphatic heterocycles. The zero-order valence-electron chi connectivity index (χ0n) is 24.1. The number of benzene rings is 2. The van der Waals surface area contributed by atoms with Gasteiger partial charge in [0.1, 0.15) is 11.5 Å². The van der Waals surface area contributed by atoms with Gasteiger partial charge in [-0.3, -0.25) is 0 Å². The Morgan fingerprint density at radius 1 is 0.769 bits per heavy atom. The Bertz CT molecular complexity index is 1290. The van der Waals surface area contributed by atoms with Crippen molar-refractivity contribution in [3.8, 4) is 11.5 Å². The molecule has 0 fully saturated rings. The van der Waals surface area contributed by atoms with Crippen molar-refractivity contribution in [3.05, 3.63) is 77.1 Å². The SMILES string of the molecule is CCCOc1cc(N(CC)CC)ccc1C1(c2ccc(N(CC)CC)cc2OCC)OC(=O)c2ncccc21. The summed E-state index contributed by atoms with van der Waals surface area (Å²) in [7, 11) is 0. The van der Waals surface area contributed by atoms with Gasteiger partial charge in [-0.15, -0.1) is 0 Å². The molecular weight excluding hydrogens is 490 g/mol. The van der Waals surface area contributed by atoms with E-state index in [-0.39, 0.29) is 0 Å². The van der Waals surface area contributed by atoms with E-state index in [1.807, 2.05) is 37.3 Å². The van der Waals surface area contributed by atoms with Gasteiger partial charge in [0.15, 0.2) is 11.3 Å². The molecule has 1 aliphatic rings. The summed E-state index contributed by atoms with van der Waals surface area (Å²) >= 11 is 0. The quantitative estimate of drug-likeness (QED) is 0.236. The molecule has 208 valence electrons. The standard InChI is InChI=1S/C32H41N3O4/c1-7-20-38-29-22-24(35(10-4)11-5)16-18-26(29)32(27-14-13-19-33-30(27)31(36)39-32)25-17-15-23(34(8-2)9-3)21-28(25)37-12-6/h13-19,21-22H,7-12,20H2,1-6H3. The van der Waals surface area contributed by atoms with E-state index in [9.17, 15) is 4.79 Å². The van der Waals surface area contributed by atoms with Gasteiger partial charge >= 0.3 is 5.97 Å². The van der Waals surface area contributed by atoms with Crippen molar-refractivity contribution < 1.29 is 19.0 Å². The van der Waals surface area contributed by atoms with Gasteiger partial charge in [0.05, 0.1) is 13.2 Å². The molecular formula is C32H41N3O4. The van der Waals surface area contributed by atoms with Crippen LogP contribution in [0.15, 0.2) is 54.7 Å². The number of hydrogen-bond acceptors (Lipinski definition) is 7. The fourth-order valence-corrected chi connectivity index (χ4v) is 5.42. The zero-order valence-corrected chi connectivity index (χ0v) is 24.1. The minimum atomic E-state index is -1.28. The number of cyclic esters (lactones) is 1. The van der Waals surface area contributed by atoms with Crippen LogP contribution in [0.2, 0.25) is 0 Å². The molecule has 0 bridgehead atoms. The highest BCUT2D eigenvalue weighted by molar-refractivity contribution is 5.95. The molecule has 1 unspecified atom stereocenters. The fourth-order valence-electron chi connectivity index (χ4n) is 5.42. The lowest BCUT2D eigenvalue weighted by Crippen LogP contribution is -2.32. The van der Waals surface area contributed by atoms with Gasteiger partial charge in [0, 0.05) is 72.6 Å². The summed E-state index contributed by atoms with van der Waals surface area (Å²) in [6.45, 7) is 17.1. The maximum atomic E-state index is 13.4.